The number of hydrogen-bond donors (Lipinski definition) is 1. The fourth-order valence-electron chi connectivity index (χ4n) is 2.45. The Labute approximate surface area is 119 Å². The Morgan fingerprint density at radius 3 is 2.30 bits per heavy atom. The number of aryl methyl sites for hydroxylation is 3. The van der Waals surface area contributed by atoms with Gasteiger partial charge < -0.3 is 10.1 Å². The van der Waals surface area contributed by atoms with E-state index < -0.39 is 0 Å². The third kappa shape index (κ3) is 3.38. The van der Waals surface area contributed by atoms with E-state index in [2.05, 4.69) is 5.32 Å². The Hall–Kier alpha value is -1.84. The van der Waals surface area contributed by atoms with Crippen LogP contribution in [0.4, 0.5) is 5.69 Å². The Kier molecular flexibility index (Phi) is 4.12. The number of ether oxygens (including phenoxy) is 1. The van der Waals surface area contributed by atoms with Crippen LogP contribution in [0.15, 0.2) is 12.1 Å². The van der Waals surface area contributed by atoms with E-state index in [1.165, 1.54) is 0 Å². The van der Waals surface area contributed by atoms with Crippen molar-refractivity contribution in [1.29, 1.82) is 0 Å². The minimum absolute atomic E-state index is 0.00866. The standard InChI is InChI=1S/C16H21NO3/c1-9-5-11(3)15(12(4)6-9)17-14(18)8-20-16(19)13-7-10(13)2/h5-6,10,13H,7-8H2,1-4H3,(H,17,18)/t10-,13+/m0/s1. The topological polar surface area (TPSA) is 55.4 Å². The number of amides is 1. The summed E-state index contributed by atoms with van der Waals surface area (Å²) in [6, 6.07) is 4.03. The second kappa shape index (κ2) is 5.65. The molecule has 1 saturated carbocycles. The van der Waals surface area contributed by atoms with Crippen molar-refractivity contribution in [3.63, 3.8) is 0 Å². The number of esters is 1. The summed E-state index contributed by atoms with van der Waals surface area (Å²) >= 11 is 0. The summed E-state index contributed by atoms with van der Waals surface area (Å²) in [5.74, 6) is -0.162. The van der Waals surface area contributed by atoms with Crippen molar-refractivity contribution < 1.29 is 14.3 Å². The lowest BCUT2D eigenvalue weighted by molar-refractivity contribution is -0.148. The van der Waals surface area contributed by atoms with E-state index in [1.54, 1.807) is 0 Å². The van der Waals surface area contributed by atoms with E-state index >= 15 is 0 Å². The Morgan fingerprint density at radius 1 is 1.25 bits per heavy atom. The van der Waals surface area contributed by atoms with Gasteiger partial charge in [0, 0.05) is 5.69 Å². The van der Waals surface area contributed by atoms with Crippen molar-refractivity contribution in [3.05, 3.63) is 28.8 Å². The summed E-state index contributed by atoms with van der Waals surface area (Å²) in [5, 5.41) is 2.82. The number of carbonyl (C=O) groups excluding carboxylic acids is 2. The summed E-state index contributed by atoms with van der Waals surface area (Å²) in [4.78, 5) is 23.4. The average Bonchev–Trinajstić information content (AvgIpc) is 3.08. The molecule has 4 heteroatoms. The summed E-state index contributed by atoms with van der Waals surface area (Å²) in [5.41, 5.74) is 3.99. The van der Waals surface area contributed by atoms with Gasteiger partial charge >= 0.3 is 5.97 Å². The number of rotatable bonds is 4. The van der Waals surface area contributed by atoms with E-state index in [0.717, 1.165) is 28.8 Å². The molecule has 108 valence electrons. The van der Waals surface area contributed by atoms with Gasteiger partial charge in [0.15, 0.2) is 6.61 Å². The van der Waals surface area contributed by atoms with Crippen LogP contribution in [0.3, 0.4) is 0 Å². The maximum Gasteiger partial charge on any atom is 0.309 e. The maximum absolute atomic E-state index is 11.8. The van der Waals surface area contributed by atoms with Gasteiger partial charge in [-0.05, 0) is 44.2 Å². The lowest BCUT2D eigenvalue weighted by atomic mass is 10.1. The van der Waals surface area contributed by atoms with Gasteiger partial charge in [0.2, 0.25) is 0 Å². The molecule has 0 aromatic heterocycles. The molecule has 1 N–H and O–H groups in total. The van der Waals surface area contributed by atoms with Crippen LogP contribution >= 0.6 is 0 Å². The third-order valence-electron chi connectivity index (χ3n) is 3.70. The molecule has 4 nitrogen and oxygen atoms in total. The van der Waals surface area contributed by atoms with Crippen molar-refractivity contribution >= 4 is 17.6 Å². The summed E-state index contributed by atoms with van der Waals surface area (Å²) in [6.07, 6.45) is 0.872. The molecule has 1 aliphatic rings. The van der Waals surface area contributed by atoms with Crippen molar-refractivity contribution in [2.45, 2.75) is 34.1 Å². The molecule has 2 atom stereocenters. The smallest absolute Gasteiger partial charge is 0.309 e. The van der Waals surface area contributed by atoms with Crippen molar-refractivity contribution in [3.8, 4) is 0 Å². The predicted octanol–water partition coefficient (Wildman–Crippen LogP) is 2.75. The fourth-order valence-corrected chi connectivity index (χ4v) is 2.45. The number of carbonyl (C=O) groups is 2. The van der Waals surface area contributed by atoms with Crippen LogP contribution < -0.4 is 5.32 Å². The zero-order chi connectivity index (χ0) is 14.9. The predicted molar refractivity (Wildman–Crippen MR) is 77.5 cm³/mol. The fraction of sp³-hybridized carbons (Fsp3) is 0.500. The van der Waals surface area contributed by atoms with E-state index in [4.69, 9.17) is 4.74 Å². The molecule has 1 amide bonds. The van der Waals surface area contributed by atoms with Crippen molar-refractivity contribution in [2.75, 3.05) is 11.9 Å². The van der Waals surface area contributed by atoms with E-state index in [0.29, 0.717) is 5.92 Å². The first-order valence-corrected chi connectivity index (χ1v) is 6.93. The summed E-state index contributed by atoms with van der Waals surface area (Å²) < 4.78 is 5.02. The quantitative estimate of drug-likeness (QED) is 0.860. The Bertz CT molecular complexity index is 528. The highest BCUT2D eigenvalue weighted by atomic mass is 16.5. The van der Waals surface area contributed by atoms with Crippen molar-refractivity contribution in [2.24, 2.45) is 11.8 Å². The minimum atomic E-state index is -0.290. The molecule has 0 unspecified atom stereocenters. The van der Waals surface area contributed by atoms with Gasteiger partial charge in [0.1, 0.15) is 0 Å². The lowest BCUT2D eigenvalue weighted by Gasteiger charge is -2.13. The van der Waals surface area contributed by atoms with Crippen LogP contribution in [0.5, 0.6) is 0 Å². The summed E-state index contributed by atoms with van der Waals surface area (Å²) in [6.45, 7) is 7.71. The number of anilines is 1. The Morgan fingerprint density at radius 2 is 1.80 bits per heavy atom. The van der Waals surface area contributed by atoms with Gasteiger partial charge in [-0.15, -0.1) is 0 Å². The second-order valence-corrected chi connectivity index (χ2v) is 5.75. The zero-order valence-corrected chi connectivity index (χ0v) is 12.4. The molecule has 1 aromatic rings. The van der Waals surface area contributed by atoms with Gasteiger partial charge in [-0.3, -0.25) is 9.59 Å². The number of hydrogen-bond acceptors (Lipinski definition) is 3. The van der Waals surface area contributed by atoms with Gasteiger partial charge in [-0.2, -0.15) is 0 Å². The number of benzene rings is 1. The maximum atomic E-state index is 11.8. The molecule has 0 radical (unpaired) electrons. The van der Waals surface area contributed by atoms with Gasteiger partial charge in [0.25, 0.3) is 5.91 Å². The molecule has 0 bridgehead atoms. The highest BCUT2D eigenvalue weighted by Crippen LogP contribution is 2.38. The molecular formula is C16H21NO3. The average molecular weight is 275 g/mol. The Balaban J connectivity index is 1.90. The molecule has 1 fully saturated rings. The van der Waals surface area contributed by atoms with E-state index in [-0.39, 0.29) is 24.4 Å². The second-order valence-electron chi connectivity index (χ2n) is 5.75. The van der Waals surface area contributed by atoms with Gasteiger partial charge in [-0.1, -0.05) is 24.6 Å². The number of nitrogens with one attached hydrogen (secondary N) is 1. The summed E-state index contributed by atoms with van der Waals surface area (Å²) in [7, 11) is 0. The van der Waals surface area contributed by atoms with Gasteiger partial charge in [-0.25, -0.2) is 0 Å². The lowest BCUT2D eigenvalue weighted by Crippen LogP contribution is -2.22. The van der Waals surface area contributed by atoms with Gasteiger partial charge in [0.05, 0.1) is 5.92 Å². The first-order valence-electron chi connectivity index (χ1n) is 6.93. The first kappa shape index (κ1) is 14.6. The normalized spacial score (nSPS) is 20.4. The SMILES string of the molecule is Cc1cc(C)c(NC(=O)COC(=O)[C@@H]2C[C@@H]2C)c(C)c1. The largest absolute Gasteiger partial charge is 0.455 e. The molecule has 0 saturated heterocycles. The highest BCUT2D eigenvalue weighted by Gasteiger charge is 2.40. The molecule has 0 heterocycles. The molecule has 1 aromatic carbocycles. The third-order valence-corrected chi connectivity index (χ3v) is 3.70. The molecule has 1 aliphatic carbocycles. The van der Waals surface area contributed by atoms with E-state index in [9.17, 15) is 9.59 Å². The molecule has 20 heavy (non-hydrogen) atoms. The minimum Gasteiger partial charge on any atom is -0.455 e. The van der Waals surface area contributed by atoms with Crippen LogP contribution in [0.25, 0.3) is 0 Å². The van der Waals surface area contributed by atoms with Crippen molar-refractivity contribution in [1.82, 2.24) is 0 Å². The molecule has 0 aliphatic heterocycles. The zero-order valence-electron chi connectivity index (χ0n) is 12.4. The van der Waals surface area contributed by atoms with Crippen LogP contribution in [-0.2, 0) is 14.3 Å². The van der Waals surface area contributed by atoms with Crippen LogP contribution in [-0.4, -0.2) is 18.5 Å². The highest BCUT2D eigenvalue weighted by molar-refractivity contribution is 5.94. The van der Waals surface area contributed by atoms with Crippen LogP contribution in [0.1, 0.15) is 30.0 Å². The molecule has 2 rings (SSSR count). The van der Waals surface area contributed by atoms with Crippen LogP contribution in [0.2, 0.25) is 0 Å². The van der Waals surface area contributed by atoms with Crippen LogP contribution in [0, 0.1) is 32.6 Å². The van der Waals surface area contributed by atoms with E-state index in [1.807, 2.05) is 39.8 Å². The monoisotopic (exact) mass is 275 g/mol. The molecule has 0 spiro atoms. The molecular weight excluding hydrogens is 254 g/mol. The first-order chi connectivity index (χ1) is 9.38.